The monoisotopic (exact) mass is 323 g/mol. The Labute approximate surface area is 143 Å². The van der Waals surface area contributed by atoms with E-state index in [2.05, 4.69) is 22.3 Å². The second kappa shape index (κ2) is 7.49. The van der Waals surface area contributed by atoms with Crippen LogP contribution in [0.1, 0.15) is 24.8 Å². The zero-order valence-electron chi connectivity index (χ0n) is 14.1. The van der Waals surface area contributed by atoms with Crippen molar-refractivity contribution in [1.29, 1.82) is 0 Å². The van der Waals surface area contributed by atoms with Crippen LogP contribution in [0.3, 0.4) is 0 Å². The van der Waals surface area contributed by atoms with Crippen LogP contribution < -0.4 is 16.0 Å². The molecule has 1 aliphatic rings. The molecule has 0 aromatic heterocycles. The van der Waals surface area contributed by atoms with Gasteiger partial charge in [-0.15, -0.1) is 0 Å². The van der Waals surface area contributed by atoms with Crippen molar-refractivity contribution < 1.29 is 4.79 Å². The number of amides is 1. The average Bonchev–Trinajstić information content (AvgIpc) is 3.03. The molecule has 1 amide bonds. The fourth-order valence-corrected chi connectivity index (χ4v) is 3.34. The first-order valence-corrected chi connectivity index (χ1v) is 8.54. The lowest BCUT2D eigenvalue weighted by atomic mass is 10.1. The molecule has 1 fully saturated rings. The van der Waals surface area contributed by atoms with E-state index in [1.165, 1.54) is 5.56 Å². The van der Waals surface area contributed by atoms with Gasteiger partial charge >= 0.3 is 0 Å². The molecule has 2 aromatic rings. The van der Waals surface area contributed by atoms with Crippen molar-refractivity contribution in [1.82, 2.24) is 0 Å². The third-order valence-electron chi connectivity index (χ3n) is 4.68. The summed E-state index contributed by atoms with van der Waals surface area (Å²) in [6.45, 7) is 0.794. The third-order valence-corrected chi connectivity index (χ3v) is 4.68. The molecule has 0 bridgehead atoms. The Kier molecular flexibility index (Phi) is 5.16. The number of anilines is 2. The van der Waals surface area contributed by atoms with Gasteiger partial charge in [-0.25, -0.2) is 0 Å². The average molecular weight is 323 g/mol. The molecule has 4 nitrogen and oxygen atoms in total. The van der Waals surface area contributed by atoms with Gasteiger partial charge in [-0.3, -0.25) is 4.79 Å². The molecule has 0 heterocycles. The lowest BCUT2D eigenvalue weighted by molar-refractivity contribution is -0.119. The van der Waals surface area contributed by atoms with E-state index < -0.39 is 0 Å². The van der Waals surface area contributed by atoms with Crippen LogP contribution in [-0.2, 0) is 11.3 Å². The first-order valence-electron chi connectivity index (χ1n) is 8.54. The topological polar surface area (TPSA) is 58.4 Å². The second-order valence-corrected chi connectivity index (χ2v) is 6.62. The van der Waals surface area contributed by atoms with Gasteiger partial charge in [-0.05, 0) is 37.0 Å². The predicted molar refractivity (Wildman–Crippen MR) is 98.9 cm³/mol. The minimum atomic E-state index is 0.0347. The van der Waals surface area contributed by atoms with Crippen LogP contribution in [0.4, 0.5) is 11.4 Å². The maximum atomic E-state index is 12.5. The van der Waals surface area contributed by atoms with Gasteiger partial charge in [-0.1, -0.05) is 42.5 Å². The van der Waals surface area contributed by atoms with Crippen molar-refractivity contribution in [3.8, 4) is 0 Å². The van der Waals surface area contributed by atoms with E-state index in [0.29, 0.717) is 0 Å². The highest BCUT2D eigenvalue weighted by Crippen LogP contribution is 2.29. The minimum absolute atomic E-state index is 0.0347. The van der Waals surface area contributed by atoms with Gasteiger partial charge in [0.1, 0.15) is 0 Å². The number of benzene rings is 2. The van der Waals surface area contributed by atoms with Crippen LogP contribution in [0.15, 0.2) is 54.6 Å². The molecule has 2 atom stereocenters. The lowest BCUT2D eigenvalue weighted by Crippen LogP contribution is -2.25. The summed E-state index contributed by atoms with van der Waals surface area (Å²) in [7, 11) is 2.05. The molecule has 0 spiro atoms. The molecule has 3 N–H and O–H groups in total. The normalized spacial score (nSPS) is 19.9. The molecule has 0 saturated heterocycles. The van der Waals surface area contributed by atoms with Crippen molar-refractivity contribution in [3.63, 3.8) is 0 Å². The summed E-state index contributed by atoms with van der Waals surface area (Å²) < 4.78 is 0. The van der Waals surface area contributed by atoms with Gasteiger partial charge in [0.15, 0.2) is 0 Å². The van der Waals surface area contributed by atoms with Crippen molar-refractivity contribution in [2.45, 2.75) is 31.8 Å². The molecule has 2 aromatic carbocycles. The van der Waals surface area contributed by atoms with Gasteiger partial charge in [-0.2, -0.15) is 0 Å². The fourth-order valence-electron chi connectivity index (χ4n) is 3.34. The van der Waals surface area contributed by atoms with Crippen molar-refractivity contribution >= 4 is 17.3 Å². The summed E-state index contributed by atoms with van der Waals surface area (Å²) in [5.41, 5.74) is 9.06. The maximum absolute atomic E-state index is 12.5. The van der Waals surface area contributed by atoms with Gasteiger partial charge < -0.3 is 16.0 Å². The van der Waals surface area contributed by atoms with E-state index in [-0.39, 0.29) is 17.9 Å². The fraction of sp³-hybridized carbons (Fsp3) is 0.350. The maximum Gasteiger partial charge on any atom is 0.227 e. The summed E-state index contributed by atoms with van der Waals surface area (Å²) in [6.07, 6.45) is 2.61. The molecule has 2 unspecified atom stereocenters. The van der Waals surface area contributed by atoms with Crippen LogP contribution in [0.25, 0.3) is 0 Å². The quantitative estimate of drug-likeness (QED) is 0.887. The third kappa shape index (κ3) is 3.95. The molecule has 4 heteroatoms. The molecule has 0 radical (unpaired) electrons. The van der Waals surface area contributed by atoms with E-state index in [1.807, 2.05) is 49.5 Å². The number of hydrogen-bond acceptors (Lipinski definition) is 3. The Hall–Kier alpha value is -2.33. The summed E-state index contributed by atoms with van der Waals surface area (Å²) in [5.74, 6) is 0.121. The number of para-hydroxylation sites is 2. The number of nitrogens with one attached hydrogen (secondary N) is 1. The smallest absolute Gasteiger partial charge is 0.227 e. The van der Waals surface area contributed by atoms with E-state index >= 15 is 0 Å². The molecule has 1 aliphatic carbocycles. The van der Waals surface area contributed by atoms with Crippen LogP contribution >= 0.6 is 0 Å². The van der Waals surface area contributed by atoms with Gasteiger partial charge in [0.05, 0.1) is 11.4 Å². The molecule has 24 heavy (non-hydrogen) atoms. The Morgan fingerprint density at radius 3 is 2.54 bits per heavy atom. The number of hydrogen-bond donors (Lipinski definition) is 2. The highest BCUT2D eigenvalue weighted by atomic mass is 16.1. The summed E-state index contributed by atoms with van der Waals surface area (Å²) in [5, 5.41) is 3.10. The van der Waals surface area contributed by atoms with E-state index in [1.54, 1.807) is 0 Å². The predicted octanol–water partition coefficient (Wildman–Crippen LogP) is 3.39. The summed E-state index contributed by atoms with van der Waals surface area (Å²) >= 11 is 0. The number of nitrogens with zero attached hydrogens (tertiary/aromatic N) is 1. The number of nitrogens with two attached hydrogens (primary N) is 1. The Morgan fingerprint density at radius 1 is 1.12 bits per heavy atom. The van der Waals surface area contributed by atoms with E-state index in [9.17, 15) is 4.79 Å². The van der Waals surface area contributed by atoms with Gasteiger partial charge in [0.25, 0.3) is 0 Å². The van der Waals surface area contributed by atoms with Crippen molar-refractivity contribution in [2.24, 2.45) is 11.7 Å². The zero-order chi connectivity index (χ0) is 16.9. The Morgan fingerprint density at radius 2 is 1.83 bits per heavy atom. The summed E-state index contributed by atoms with van der Waals surface area (Å²) in [6, 6.07) is 18.4. The lowest BCUT2D eigenvalue weighted by Gasteiger charge is -2.23. The molecule has 1 saturated carbocycles. The highest BCUT2D eigenvalue weighted by Gasteiger charge is 2.28. The number of rotatable bonds is 5. The highest BCUT2D eigenvalue weighted by molar-refractivity contribution is 5.96. The standard InChI is InChI=1S/C20H25N3O/c1-23(14-15-7-3-2-4-8-15)19-10-6-5-9-18(19)22-20(24)16-11-12-17(21)13-16/h2-10,16-17H,11-14,21H2,1H3,(H,22,24). The van der Waals surface area contributed by atoms with Crippen LogP contribution in [0, 0.1) is 5.92 Å². The number of carbonyl (C=O) groups excluding carboxylic acids is 1. The van der Waals surface area contributed by atoms with Gasteiger partial charge in [0.2, 0.25) is 5.91 Å². The largest absolute Gasteiger partial charge is 0.369 e. The SMILES string of the molecule is CN(Cc1ccccc1)c1ccccc1NC(=O)C1CCC(N)C1. The zero-order valence-corrected chi connectivity index (χ0v) is 14.1. The van der Waals surface area contributed by atoms with Crippen molar-refractivity contribution in [3.05, 3.63) is 60.2 Å². The van der Waals surface area contributed by atoms with Crippen LogP contribution in [0.5, 0.6) is 0 Å². The first-order chi connectivity index (χ1) is 11.6. The second-order valence-electron chi connectivity index (χ2n) is 6.62. The molecule has 3 rings (SSSR count). The number of carbonyl (C=O) groups is 1. The first kappa shape index (κ1) is 16.5. The van der Waals surface area contributed by atoms with Gasteiger partial charge in [0, 0.05) is 25.6 Å². The van der Waals surface area contributed by atoms with E-state index in [4.69, 9.17) is 5.73 Å². The minimum Gasteiger partial charge on any atom is -0.369 e. The van der Waals surface area contributed by atoms with Crippen LogP contribution in [-0.4, -0.2) is 19.0 Å². The van der Waals surface area contributed by atoms with Crippen LogP contribution in [0.2, 0.25) is 0 Å². The Bertz CT molecular complexity index is 686. The van der Waals surface area contributed by atoms with E-state index in [0.717, 1.165) is 37.2 Å². The Balaban J connectivity index is 1.71. The van der Waals surface area contributed by atoms with Crippen molar-refractivity contribution in [2.75, 3.05) is 17.3 Å². The molecular formula is C20H25N3O. The summed E-state index contributed by atoms with van der Waals surface area (Å²) in [4.78, 5) is 14.7. The molecule has 126 valence electrons. The molecular weight excluding hydrogens is 298 g/mol. The molecule has 0 aliphatic heterocycles.